The van der Waals surface area contributed by atoms with E-state index in [0.717, 1.165) is 19.2 Å². The first-order chi connectivity index (χ1) is 9.74. The van der Waals surface area contributed by atoms with Crippen molar-refractivity contribution in [3.63, 3.8) is 0 Å². The van der Waals surface area contributed by atoms with Gasteiger partial charge in [-0.15, -0.1) is 11.3 Å². The Morgan fingerprint density at radius 3 is 2.24 bits per heavy atom. The van der Waals surface area contributed by atoms with E-state index in [2.05, 4.69) is 53.1 Å². The summed E-state index contributed by atoms with van der Waals surface area (Å²) in [5.41, 5.74) is 0.763. The van der Waals surface area contributed by atoms with Crippen LogP contribution >= 0.6 is 59.1 Å². The fourth-order valence-corrected chi connectivity index (χ4v) is 5.35. The third kappa shape index (κ3) is 3.90. The number of benzene rings is 1. The molecule has 0 aliphatic rings. The zero-order chi connectivity index (χ0) is 15.8. The second-order valence-electron chi connectivity index (χ2n) is 4.24. The average Bonchev–Trinajstić information content (AvgIpc) is 2.70. The van der Waals surface area contributed by atoms with Gasteiger partial charge in [0.1, 0.15) is 0 Å². The zero-order valence-electron chi connectivity index (χ0n) is 10.6. The summed E-state index contributed by atoms with van der Waals surface area (Å²) in [5, 5.41) is 3.07. The molecule has 1 nitrogen and oxygen atoms in total. The topological polar surface area (TPSA) is 12.0 Å². The van der Waals surface area contributed by atoms with Gasteiger partial charge in [-0.2, -0.15) is 13.2 Å². The Morgan fingerprint density at radius 1 is 1.10 bits per heavy atom. The Labute approximate surface area is 149 Å². The monoisotopic (exact) mass is 505 g/mol. The standard InChI is InChI=1S/C13H9Br3F3NS/c1-20-11(8-5-10(15)21-12(8)16)7-4-6(13(17,18)19)2-3-9(7)14/h2-5,11,20H,1H3. The van der Waals surface area contributed by atoms with E-state index >= 15 is 0 Å². The van der Waals surface area contributed by atoms with Crippen LogP contribution in [-0.2, 0) is 6.18 Å². The van der Waals surface area contributed by atoms with E-state index < -0.39 is 11.7 Å². The number of hydrogen-bond donors (Lipinski definition) is 1. The Morgan fingerprint density at radius 2 is 1.76 bits per heavy atom. The summed E-state index contributed by atoms with van der Waals surface area (Å²) in [5.74, 6) is 0. The predicted molar refractivity (Wildman–Crippen MR) is 89.8 cm³/mol. The minimum Gasteiger partial charge on any atom is -0.309 e. The predicted octanol–water partition coefficient (Wildman–Crippen LogP) is 6.36. The molecule has 114 valence electrons. The number of alkyl halides is 3. The lowest BCUT2D eigenvalue weighted by molar-refractivity contribution is -0.137. The number of rotatable bonds is 3. The third-order valence-corrected chi connectivity index (χ3v) is 6.02. The largest absolute Gasteiger partial charge is 0.416 e. The summed E-state index contributed by atoms with van der Waals surface area (Å²) < 4.78 is 41.1. The van der Waals surface area contributed by atoms with E-state index in [0.29, 0.717) is 10.0 Å². The summed E-state index contributed by atoms with van der Waals surface area (Å²) in [7, 11) is 1.72. The second kappa shape index (κ2) is 6.70. The molecule has 0 saturated heterocycles. The highest BCUT2D eigenvalue weighted by atomic mass is 79.9. The van der Waals surface area contributed by atoms with E-state index in [1.165, 1.54) is 23.5 Å². The van der Waals surface area contributed by atoms with Gasteiger partial charge >= 0.3 is 6.18 Å². The van der Waals surface area contributed by atoms with E-state index in [-0.39, 0.29) is 6.04 Å². The molecule has 1 N–H and O–H groups in total. The third-order valence-electron chi connectivity index (χ3n) is 2.92. The number of halogens is 6. The van der Waals surface area contributed by atoms with Crippen molar-refractivity contribution in [3.05, 3.63) is 53.0 Å². The van der Waals surface area contributed by atoms with Crippen molar-refractivity contribution in [1.82, 2.24) is 5.32 Å². The van der Waals surface area contributed by atoms with Crippen molar-refractivity contribution in [2.24, 2.45) is 0 Å². The highest BCUT2D eigenvalue weighted by molar-refractivity contribution is 9.12. The van der Waals surface area contributed by atoms with Gasteiger partial charge in [0.25, 0.3) is 0 Å². The van der Waals surface area contributed by atoms with Crippen LogP contribution < -0.4 is 5.32 Å². The van der Waals surface area contributed by atoms with Crippen LogP contribution in [0.4, 0.5) is 13.2 Å². The molecule has 2 aromatic rings. The van der Waals surface area contributed by atoms with Crippen molar-refractivity contribution >= 4 is 59.1 Å². The summed E-state index contributed by atoms with van der Waals surface area (Å²) in [4.78, 5) is 0. The molecule has 0 radical (unpaired) electrons. The van der Waals surface area contributed by atoms with Gasteiger partial charge < -0.3 is 5.32 Å². The van der Waals surface area contributed by atoms with Crippen molar-refractivity contribution in [1.29, 1.82) is 0 Å². The maximum Gasteiger partial charge on any atom is 0.416 e. The van der Waals surface area contributed by atoms with Gasteiger partial charge in [0.15, 0.2) is 0 Å². The molecule has 1 unspecified atom stereocenters. The fourth-order valence-electron chi connectivity index (χ4n) is 1.97. The minimum atomic E-state index is -4.36. The molecule has 1 aromatic carbocycles. The lowest BCUT2D eigenvalue weighted by atomic mass is 9.99. The van der Waals surface area contributed by atoms with Crippen LogP contribution in [0.25, 0.3) is 0 Å². The SMILES string of the molecule is CNC(c1cc(C(F)(F)F)ccc1Br)c1cc(Br)sc1Br. The van der Waals surface area contributed by atoms with Crippen molar-refractivity contribution in [2.45, 2.75) is 12.2 Å². The molecule has 0 aliphatic heterocycles. The molecule has 8 heteroatoms. The van der Waals surface area contributed by atoms with Crippen LogP contribution in [0.2, 0.25) is 0 Å². The quantitative estimate of drug-likeness (QED) is 0.509. The van der Waals surface area contributed by atoms with Gasteiger partial charge in [0, 0.05) is 4.47 Å². The second-order valence-corrected chi connectivity index (χ2v) is 8.84. The Bertz CT molecular complexity index is 655. The number of hydrogen-bond acceptors (Lipinski definition) is 2. The Balaban J connectivity index is 2.54. The highest BCUT2D eigenvalue weighted by Gasteiger charge is 2.32. The molecule has 0 fully saturated rings. The highest BCUT2D eigenvalue weighted by Crippen LogP contribution is 2.41. The van der Waals surface area contributed by atoms with Crippen molar-refractivity contribution in [2.75, 3.05) is 7.05 Å². The molecular formula is C13H9Br3F3NS. The minimum absolute atomic E-state index is 0.349. The molecule has 1 heterocycles. The molecule has 1 aromatic heterocycles. The summed E-state index contributed by atoms with van der Waals surface area (Å²) in [6, 6.07) is 5.21. The maximum absolute atomic E-state index is 12.9. The molecule has 0 amide bonds. The van der Waals surface area contributed by atoms with Crippen molar-refractivity contribution < 1.29 is 13.2 Å². The number of thiophene rings is 1. The van der Waals surface area contributed by atoms with Crippen LogP contribution in [0.15, 0.2) is 36.3 Å². The first-order valence-electron chi connectivity index (χ1n) is 5.72. The van der Waals surface area contributed by atoms with Gasteiger partial charge in [0.05, 0.1) is 19.2 Å². The normalized spacial score (nSPS) is 13.5. The summed E-state index contributed by atoms with van der Waals surface area (Å²) >= 11 is 11.7. The summed E-state index contributed by atoms with van der Waals surface area (Å²) in [6.45, 7) is 0. The van der Waals surface area contributed by atoms with Crippen molar-refractivity contribution in [3.8, 4) is 0 Å². The van der Waals surface area contributed by atoms with Crippen LogP contribution in [0, 0.1) is 0 Å². The Kier molecular flexibility index (Phi) is 5.57. The first kappa shape index (κ1) is 17.5. The van der Waals surface area contributed by atoms with Gasteiger partial charge in [-0.3, -0.25) is 0 Å². The van der Waals surface area contributed by atoms with Gasteiger partial charge in [-0.05, 0) is 74.3 Å². The van der Waals surface area contributed by atoms with E-state index in [9.17, 15) is 13.2 Å². The van der Waals surface area contributed by atoms with E-state index in [4.69, 9.17) is 0 Å². The van der Waals surface area contributed by atoms with Gasteiger partial charge in [-0.25, -0.2) is 0 Å². The molecular weight excluding hydrogens is 499 g/mol. The molecule has 0 aliphatic carbocycles. The maximum atomic E-state index is 12.9. The lowest BCUT2D eigenvalue weighted by Crippen LogP contribution is -2.19. The Hall–Kier alpha value is 0.110. The average molecular weight is 508 g/mol. The summed E-state index contributed by atoms with van der Waals surface area (Å²) in [6.07, 6.45) is -4.36. The molecule has 0 spiro atoms. The van der Waals surface area contributed by atoms with E-state index in [1.807, 2.05) is 6.07 Å². The van der Waals surface area contributed by atoms with Crippen LogP contribution in [0.5, 0.6) is 0 Å². The molecule has 2 rings (SSSR count). The lowest BCUT2D eigenvalue weighted by Gasteiger charge is -2.19. The van der Waals surface area contributed by atoms with Crippen LogP contribution in [0.1, 0.15) is 22.7 Å². The first-order valence-corrected chi connectivity index (χ1v) is 8.92. The molecule has 0 saturated carbocycles. The molecule has 21 heavy (non-hydrogen) atoms. The molecule has 1 atom stereocenters. The zero-order valence-corrected chi connectivity index (χ0v) is 16.1. The van der Waals surface area contributed by atoms with E-state index in [1.54, 1.807) is 7.05 Å². The number of nitrogens with one attached hydrogen (secondary N) is 1. The van der Waals surface area contributed by atoms with Gasteiger partial charge in [0.2, 0.25) is 0 Å². The van der Waals surface area contributed by atoms with Gasteiger partial charge in [-0.1, -0.05) is 15.9 Å². The van der Waals surface area contributed by atoms with Crippen LogP contribution in [-0.4, -0.2) is 7.05 Å². The fraction of sp³-hybridized carbons (Fsp3) is 0.231. The smallest absolute Gasteiger partial charge is 0.309 e. The van der Waals surface area contributed by atoms with Crippen LogP contribution in [0.3, 0.4) is 0 Å². The molecule has 0 bridgehead atoms.